The van der Waals surface area contributed by atoms with Gasteiger partial charge in [-0.1, -0.05) is 47.7 Å². The first kappa shape index (κ1) is 16.8. The predicted octanol–water partition coefficient (Wildman–Crippen LogP) is 2.95. The van der Waals surface area contributed by atoms with Gasteiger partial charge in [-0.3, -0.25) is 4.79 Å². The number of carbonyl (C=O) groups excluding carboxylic acids is 1. The molecule has 2 aromatic carbocycles. The van der Waals surface area contributed by atoms with Crippen LogP contribution in [0.5, 0.6) is 0 Å². The Labute approximate surface area is 146 Å². The summed E-state index contributed by atoms with van der Waals surface area (Å²) in [6, 6.07) is 17.9. The molecule has 25 heavy (non-hydrogen) atoms. The number of benzene rings is 2. The smallest absolute Gasteiger partial charge is 0.241 e. The molecule has 1 heterocycles. The molecular formula is C19H21N5O. The number of hydrazone groups is 1. The first-order valence-electron chi connectivity index (χ1n) is 8.36. The van der Waals surface area contributed by atoms with E-state index in [0.29, 0.717) is 13.0 Å². The lowest BCUT2D eigenvalue weighted by molar-refractivity contribution is -0.121. The summed E-state index contributed by atoms with van der Waals surface area (Å²) in [5, 5.41) is 12.3. The van der Waals surface area contributed by atoms with E-state index in [1.54, 1.807) is 4.68 Å². The summed E-state index contributed by atoms with van der Waals surface area (Å²) >= 11 is 0. The third kappa shape index (κ3) is 4.73. The summed E-state index contributed by atoms with van der Waals surface area (Å²) in [7, 11) is 0. The minimum absolute atomic E-state index is 0.126. The van der Waals surface area contributed by atoms with Gasteiger partial charge in [-0.15, -0.1) is 5.10 Å². The highest BCUT2D eigenvalue weighted by Gasteiger charge is 2.06. The molecular weight excluding hydrogens is 314 g/mol. The van der Waals surface area contributed by atoms with Crippen LogP contribution < -0.4 is 5.43 Å². The van der Waals surface area contributed by atoms with Crippen LogP contribution in [0.25, 0.3) is 11.0 Å². The Morgan fingerprint density at radius 3 is 2.68 bits per heavy atom. The number of aromatic nitrogens is 3. The zero-order chi connectivity index (χ0) is 17.5. The molecule has 128 valence electrons. The largest absolute Gasteiger partial charge is 0.273 e. The van der Waals surface area contributed by atoms with Crippen molar-refractivity contribution in [1.29, 1.82) is 0 Å². The van der Waals surface area contributed by atoms with Crippen molar-refractivity contribution in [1.82, 2.24) is 20.4 Å². The fraction of sp³-hybridized carbons (Fsp3) is 0.263. The maximum atomic E-state index is 12.0. The van der Waals surface area contributed by atoms with Crippen LogP contribution in [0.3, 0.4) is 0 Å². The summed E-state index contributed by atoms with van der Waals surface area (Å²) in [6.45, 7) is 2.40. The monoisotopic (exact) mass is 335 g/mol. The number of carbonyl (C=O) groups is 1. The van der Waals surface area contributed by atoms with Crippen molar-refractivity contribution < 1.29 is 4.79 Å². The summed E-state index contributed by atoms with van der Waals surface area (Å²) in [4.78, 5) is 12.0. The highest BCUT2D eigenvalue weighted by Crippen LogP contribution is 2.10. The van der Waals surface area contributed by atoms with Crippen molar-refractivity contribution in [3.63, 3.8) is 0 Å². The highest BCUT2D eigenvalue weighted by atomic mass is 16.2. The van der Waals surface area contributed by atoms with Crippen LogP contribution in [0.1, 0.15) is 25.3 Å². The third-order valence-electron chi connectivity index (χ3n) is 3.96. The van der Waals surface area contributed by atoms with Gasteiger partial charge in [-0.05, 0) is 37.5 Å². The molecule has 0 spiro atoms. The molecule has 0 radical (unpaired) electrons. The minimum atomic E-state index is -0.126. The minimum Gasteiger partial charge on any atom is -0.273 e. The van der Waals surface area contributed by atoms with Crippen LogP contribution in [0.4, 0.5) is 0 Å². The average molecular weight is 335 g/mol. The second-order valence-electron chi connectivity index (χ2n) is 5.92. The lowest BCUT2D eigenvalue weighted by Gasteiger charge is -2.04. The second-order valence-corrected chi connectivity index (χ2v) is 5.92. The molecule has 3 rings (SSSR count). The number of fused-ring (bicyclic) bond motifs is 1. The van der Waals surface area contributed by atoms with Gasteiger partial charge in [0, 0.05) is 12.1 Å². The maximum absolute atomic E-state index is 12.0. The molecule has 0 fully saturated rings. The fourth-order valence-electron chi connectivity index (χ4n) is 2.53. The lowest BCUT2D eigenvalue weighted by Crippen LogP contribution is -2.21. The van der Waals surface area contributed by atoms with Gasteiger partial charge in [-0.2, -0.15) is 5.10 Å². The first-order valence-corrected chi connectivity index (χ1v) is 8.36. The molecule has 0 bridgehead atoms. The van der Waals surface area contributed by atoms with Gasteiger partial charge in [0.15, 0.2) is 0 Å². The highest BCUT2D eigenvalue weighted by molar-refractivity contribution is 5.84. The number of hydrogen-bond donors (Lipinski definition) is 1. The number of para-hydroxylation sites is 1. The zero-order valence-electron chi connectivity index (χ0n) is 14.2. The van der Waals surface area contributed by atoms with E-state index in [-0.39, 0.29) is 5.91 Å². The van der Waals surface area contributed by atoms with Gasteiger partial charge >= 0.3 is 0 Å². The Hall–Kier alpha value is -3.02. The molecule has 3 aromatic rings. The predicted molar refractivity (Wildman–Crippen MR) is 98.2 cm³/mol. The SMILES string of the molecule is C/C(CCc1ccccc1)=N/NC(=O)CCn1nnc2ccccc21. The molecule has 0 aliphatic rings. The average Bonchev–Trinajstić information content (AvgIpc) is 3.07. The molecule has 6 heteroatoms. The van der Waals surface area contributed by atoms with E-state index in [0.717, 1.165) is 29.6 Å². The summed E-state index contributed by atoms with van der Waals surface area (Å²) in [5.74, 6) is -0.126. The molecule has 0 atom stereocenters. The number of nitrogens with zero attached hydrogens (tertiary/aromatic N) is 4. The van der Waals surface area contributed by atoms with E-state index in [1.807, 2.05) is 49.4 Å². The van der Waals surface area contributed by atoms with Crippen LogP contribution in [-0.2, 0) is 17.8 Å². The molecule has 1 amide bonds. The van der Waals surface area contributed by atoms with Crippen LogP contribution in [-0.4, -0.2) is 26.6 Å². The summed E-state index contributed by atoms with van der Waals surface area (Å²) in [6.07, 6.45) is 2.04. The van der Waals surface area contributed by atoms with Crippen LogP contribution in [0.2, 0.25) is 0 Å². The van der Waals surface area contributed by atoms with Crippen molar-refractivity contribution in [3.05, 3.63) is 60.2 Å². The van der Waals surface area contributed by atoms with E-state index in [2.05, 4.69) is 33.0 Å². The lowest BCUT2D eigenvalue weighted by atomic mass is 10.1. The Morgan fingerprint density at radius 1 is 1.08 bits per heavy atom. The second kappa shape index (κ2) is 8.19. The normalized spacial score (nSPS) is 11.6. The summed E-state index contributed by atoms with van der Waals surface area (Å²) < 4.78 is 1.74. The van der Waals surface area contributed by atoms with Crippen LogP contribution >= 0.6 is 0 Å². The van der Waals surface area contributed by atoms with Gasteiger partial charge in [-0.25, -0.2) is 10.1 Å². The van der Waals surface area contributed by atoms with Crippen molar-refractivity contribution >= 4 is 22.7 Å². The van der Waals surface area contributed by atoms with Gasteiger partial charge in [0.25, 0.3) is 0 Å². The number of nitrogens with one attached hydrogen (secondary N) is 1. The van der Waals surface area contributed by atoms with Crippen LogP contribution in [0.15, 0.2) is 59.7 Å². The van der Waals surface area contributed by atoms with Crippen LogP contribution in [0, 0.1) is 0 Å². The first-order chi connectivity index (χ1) is 12.2. The third-order valence-corrected chi connectivity index (χ3v) is 3.96. The zero-order valence-corrected chi connectivity index (χ0v) is 14.2. The Bertz CT molecular complexity index is 870. The molecule has 6 nitrogen and oxygen atoms in total. The molecule has 0 saturated heterocycles. The van der Waals surface area contributed by atoms with Crippen molar-refractivity contribution in [2.75, 3.05) is 0 Å². The Morgan fingerprint density at radius 2 is 1.84 bits per heavy atom. The van der Waals surface area contributed by atoms with Gasteiger partial charge in [0.05, 0.1) is 12.1 Å². The van der Waals surface area contributed by atoms with E-state index in [4.69, 9.17) is 0 Å². The van der Waals surface area contributed by atoms with E-state index < -0.39 is 0 Å². The molecule has 0 unspecified atom stereocenters. The van der Waals surface area contributed by atoms with Crippen molar-refractivity contribution in [2.45, 2.75) is 32.7 Å². The molecule has 0 saturated carbocycles. The standard InChI is InChI=1S/C19H21N5O/c1-15(11-12-16-7-3-2-4-8-16)20-22-19(25)13-14-24-18-10-6-5-9-17(18)21-23-24/h2-10H,11-14H2,1H3,(H,22,25)/b20-15-. The van der Waals surface area contributed by atoms with E-state index >= 15 is 0 Å². The number of aryl methyl sites for hydroxylation is 2. The molecule has 0 aliphatic carbocycles. The van der Waals surface area contributed by atoms with E-state index in [9.17, 15) is 4.79 Å². The van der Waals surface area contributed by atoms with Gasteiger partial charge in [0.2, 0.25) is 5.91 Å². The number of rotatable bonds is 7. The number of amides is 1. The Balaban J connectivity index is 1.45. The molecule has 1 aromatic heterocycles. The maximum Gasteiger partial charge on any atom is 0.241 e. The van der Waals surface area contributed by atoms with E-state index in [1.165, 1.54) is 5.56 Å². The fourth-order valence-corrected chi connectivity index (χ4v) is 2.53. The summed E-state index contributed by atoms with van der Waals surface area (Å²) in [5.41, 5.74) is 6.55. The molecule has 0 aliphatic heterocycles. The topological polar surface area (TPSA) is 72.2 Å². The Kier molecular flexibility index (Phi) is 5.51. The van der Waals surface area contributed by atoms with Gasteiger partial charge < -0.3 is 0 Å². The molecule has 1 N–H and O–H groups in total. The van der Waals surface area contributed by atoms with Crippen molar-refractivity contribution in [3.8, 4) is 0 Å². The quantitative estimate of drug-likeness (QED) is 0.533. The van der Waals surface area contributed by atoms with Gasteiger partial charge in [0.1, 0.15) is 5.52 Å². The van der Waals surface area contributed by atoms with Crippen molar-refractivity contribution in [2.24, 2.45) is 5.10 Å². The number of hydrogen-bond acceptors (Lipinski definition) is 4.